The summed E-state index contributed by atoms with van der Waals surface area (Å²) in [6.45, 7) is 1.67. The Morgan fingerprint density at radius 1 is 1.17 bits per heavy atom. The summed E-state index contributed by atoms with van der Waals surface area (Å²) in [5.74, 6) is 0.00452. The molecule has 0 saturated carbocycles. The quantitative estimate of drug-likeness (QED) is 0.547. The third-order valence-corrected chi connectivity index (χ3v) is 8.61. The van der Waals surface area contributed by atoms with Gasteiger partial charge in [0.15, 0.2) is 0 Å². The van der Waals surface area contributed by atoms with Crippen LogP contribution in [0.2, 0.25) is 0 Å². The smallest absolute Gasteiger partial charge is 0.240 e. The Kier molecular flexibility index (Phi) is 5.43. The highest BCUT2D eigenvalue weighted by molar-refractivity contribution is 7.91. The van der Waals surface area contributed by atoms with Gasteiger partial charge < -0.3 is 10.1 Å². The van der Waals surface area contributed by atoms with E-state index in [9.17, 15) is 21.9 Å². The number of hydrogen-bond acceptors (Lipinski definition) is 6. The zero-order valence-corrected chi connectivity index (χ0v) is 18.0. The van der Waals surface area contributed by atoms with Crippen molar-refractivity contribution in [3.05, 3.63) is 48.3 Å². The van der Waals surface area contributed by atoms with E-state index in [0.717, 1.165) is 16.5 Å². The maximum Gasteiger partial charge on any atom is 0.240 e. The van der Waals surface area contributed by atoms with E-state index in [4.69, 9.17) is 0 Å². The molecule has 1 aliphatic rings. The number of nitrogens with zero attached hydrogens (tertiary/aromatic N) is 1. The number of aliphatic hydroxyl groups is 1. The molecule has 3 N–H and O–H groups in total. The number of hydrogen-bond donors (Lipinski definition) is 3. The SMILES string of the molecule is CC(O)c1cc2c(-c3ccc(S(=O)(=O)NC4CCS(=O)(=O)CC4)cc3)ccnc2[nH]1. The van der Waals surface area contributed by atoms with Crippen molar-refractivity contribution in [3.8, 4) is 11.1 Å². The summed E-state index contributed by atoms with van der Waals surface area (Å²) in [7, 11) is -6.79. The Bertz CT molecular complexity index is 1270. The van der Waals surface area contributed by atoms with Crippen molar-refractivity contribution in [3.63, 3.8) is 0 Å². The van der Waals surface area contributed by atoms with Gasteiger partial charge in [0, 0.05) is 23.3 Å². The van der Waals surface area contributed by atoms with Gasteiger partial charge in [-0.15, -0.1) is 0 Å². The van der Waals surface area contributed by atoms with E-state index in [-0.39, 0.29) is 35.3 Å². The van der Waals surface area contributed by atoms with Gasteiger partial charge in [-0.3, -0.25) is 0 Å². The van der Waals surface area contributed by atoms with Gasteiger partial charge in [0.1, 0.15) is 15.5 Å². The largest absolute Gasteiger partial charge is 0.387 e. The first kappa shape index (κ1) is 21.0. The molecule has 0 bridgehead atoms. The van der Waals surface area contributed by atoms with Crippen molar-refractivity contribution in [2.45, 2.75) is 36.8 Å². The predicted octanol–water partition coefficient (Wildman–Crippen LogP) is 2.14. The maximum absolute atomic E-state index is 12.7. The zero-order chi connectivity index (χ0) is 21.5. The second-order valence-corrected chi connectivity index (χ2v) is 11.6. The molecule has 0 amide bonds. The van der Waals surface area contributed by atoms with Crippen LogP contribution >= 0.6 is 0 Å². The Morgan fingerprint density at radius 2 is 1.83 bits per heavy atom. The van der Waals surface area contributed by atoms with Crippen LogP contribution in [0, 0.1) is 0 Å². The molecule has 160 valence electrons. The lowest BCUT2D eigenvalue weighted by Gasteiger charge is -2.22. The summed E-state index contributed by atoms with van der Waals surface area (Å²) in [6.07, 6.45) is 1.57. The molecule has 1 aliphatic heterocycles. The number of aromatic nitrogens is 2. The number of benzene rings is 1. The van der Waals surface area contributed by atoms with E-state index in [2.05, 4.69) is 14.7 Å². The molecule has 10 heteroatoms. The van der Waals surface area contributed by atoms with Crippen molar-refractivity contribution in [1.29, 1.82) is 0 Å². The Hall–Kier alpha value is -2.27. The molecule has 0 aliphatic carbocycles. The highest BCUT2D eigenvalue weighted by Crippen LogP contribution is 2.30. The van der Waals surface area contributed by atoms with E-state index in [0.29, 0.717) is 11.3 Å². The van der Waals surface area contributed by atoms with E-state index in [1.807, 2.05) is 12.1 Å². The van der Waals surface area contributed by atoms with Gasteiger partial charge in [0.2, 0.25) is 10.0 Å². The van der Waals surface area contributed by atoms with Crippen LogP contribution in [-0.4, -0.2) is 49.5 Å². The van der Waals surface area contributed by atoms with Gasteiger partial charge in [-0.25, -0.2) is 26.5 Å². The lowest BCUT2D eigenvalue weighted by Crippen LogP contribution is -2.40. The van der Waals surface area contributed by atoms with Crippen LogP contribution in [0.4, 0.5) is 0 Å². The number of aliphatic hydroxyl groups excluding tert-OH is 1. The second-order valence-electron chi connectivity index (χ2n) is 7.59. The molecule has 3 heterocycles. The Balaban J connectivity index is 1.58. The molecular weight excluding hydrogens is 426 g/mol. The predicted molar refractivity (Wildman–Crippen MR) is 114 cm³/mol. The number of aromatic amines is 1. The average molecular weight is 450 g/mol. The third-order valence-electron chi connectivity index (χ3n) is 5.35. The number of sulfone groups is 1. The maximum atomic E-state index is 12.7. The van der Waals surface area contributed by atoms with Crippen LogP contribution in [0.25, 0.3) is 22.2 Å². The monoisotopic (exact) mass is 449 g/mol. The van der Waals surface area contributed by atoms with Crippen LogP contribution in [-0.2, 0) is 19.9 Å². The summed E-state index contributed by atoms with van der Waals surface area (Å²) in [5, 5.41) is 10.6. The fourth-order valence-corrected chi connectivity index (χ4v) is 6.43. The van der Waals surface area contributed by atoms with Crippen LogP contribution in [0.3, 0.4) is 0 Å². The van der Waals surface area contributed by atoms with Gasteiger partial charge in [-0.2, -0.15) is 0 Å². The minimum atomic E-state index is -3.74. The molecule has 1 aromatic carbocycles. The molecule has 0 radical (unpaired) electrons. The molecule has 1 saturated heterocycles. The number of fused-ring (bicyclic) bond motifs is 1. The fraction of sp³-hybridized carbons (Fsp3) is 0.350. The van der Waals surface area contributed by atoms with Crippen LogP contribution in [0.15, 0.2) is 47.5 Å². The number of rotatable bonds is 5. The summed E-state index contributed by atoms with van der Waals surface area (Å²) in [5.41, 5.74) is 3.00. The van der Waals surface area contributed by atoms with Crippen molar-refractivity contribution < 1.29 is 21.9 Å². The molecule has 1 unspecified atom stereocenters. The highest BCUT2D eigenvalue weighted by Gasteiger charge is 2.27. The zero-order valence-electron chi connectivity index (χ0n) is 16.4. The van der Waals surface area contributed by atoms with Gasteiger partial charge in [-0.05, 0) is 55.2 Å². The highest BCUT2D eigenvalue weighted by atomic mass is 32.2. The first-order valence-corrected chi connectivity index (χ1v) is 12.9. The van der Waals surface area contributed by atoms with Gasteiger partial charge in [-0.1, -0.05) is 12.1 Å². The van der Waals surface area contributed by atoms with Crippen molar-refractivity contribution in [2.24, 2.45) is 0 Å². The second kappa shape index (κ2) is 7.77. The van der Waals surface area contributed by atoms with Crippen molar-refractivity contribution in [1.82, 2.24) is 14.7 Å². The first-order valence-electron chi connectivity index (χ1n) is 9.63. The van der Waals surface area contributed by atoms with E-state index in [1.54, 1.807) is 25.3 Å². The summed E-state index contributed by atoms with van der Waals surface area (Å²) in [4.78, 5) is 7.50. The number of nitrogens with one attached hydrogen (secondary N) is 2. The van der Waals surface area contributed by atoms with E-state index < -0.39 is 26.0 Å². The molecule has 1 atom stereocenters. The number of H-pyrrole nitrogens is 1. The van der Waals surface area contributed by atoms with E-state index in [1.165, 1.54) is 12.1 Å². The van der Waals surface area contributed by atoms with Crippen molar-refractivity contribution in [2.75, 3.05) is 11.5 Å². The lowest BCUT2D eigenvalue weighted by molar-refractivity contribution is 0.195. The first-order chi connectivity index (χ1) is 14.1. The van der Waals surface area contributed by atoms with Crippen LogP contribution < -0.4 is 4.72 Å². The molecule has 3 aromatic rings. The summed E-state index contributed by atoms with van der Waals surface area (Å²) >= 11 is 0. The third kappa shape index (κ3) is 4.27. The Morgan fingerprint density at radius 3 is 2.47 bits per heavy atom. The minimum absolute atomic E-state index is 0.00226. The molecule has 2 aromatic heterocycles. The fourth-order valence-electron chi connectivity index (χ4n) is 3.63. The molecule has 30 heavy (non-hydrogen) atoms. The molecule has 1 fully saturated rings. The van der Waals surface area contributed by atoms with Gasteiger partial charge >= 0.3 is 0 Å². The molecule has 0 spiro atoms. The molecular formula is C20H23N3O5S2. The average Bonchev–Trinajstić information content (AvgIpc) is 3.14. The number of pyridine rings is 1. The molecule has 4 rings (SSSR count). The van der Waals surface area contributed by atoms with E-state index >= 15 is 0 Å². The molecule has 8 nitrogen and oxygen atoms in total. The minimum Gasteiger partial charge on any atom is -0.387 e. The van der Waals surface area contributed by atoms with Crippen LogP contribution in [0.5, 0.6) is 0 Å². The normalized spacial score (nSPS) is 18.5. The van der Waals surface area contributed by atoms with Crippen LogP contribution in [0.1, 0.15) is 31.6 Å². The Labute approximate surface area is 175 Å². The number of sulfonamides is 1. The van der Waals surface area contributed by atoms with Crippen molar-refractivity contribution >= 4 is 30.9 Å². The topological polar surface area (TPSA) is 129 Å². The standard InChI is InChI=1S/C20H23N3O5S2/c1-13(24)19-12-18-17(6-9-21-20(18)22-19)14-2-4-16(5-3-14)30(27,28)23-15-7-10-29(25,26)11-8-15/h2-6,9,12-13,15,23-24H,7-8,10-11H2,1H3,(H,21,22). The lowest BCUT2D eigenvalue weighted by atomic mass is 10.0. The summed E-state index contributed by atoms with van der Waals surface area (Å²) in [6, 6.07) is 9.82. The van der Waals surface area contributed by atoms with Gasteiger partial charge in [0.25, 0.3) is 0 Å². The summed E-state index contributed by atoms with van der Waals surface area (Å²) < 4.78 is 51.1. The van der Waals surface area contributed by atoms with Gasteiger partial charge in [0.05, 0.1) is 22.5 Å².